The maximum Gasteiger partial charge on any atom is 0.248 e. The Morgan fingerprint density at radius 2 is 1.74 bits per heavy atom. The molecule has 166 valence electrons. The molecule has 31 heavy (non-hydrogen) atoms. The van der Waals surface area contributed by atoms with Crippen molar-refractivity contribution >= 4 is 15.9 Å². The number of carbonyl (C=O) groups excluding carboxylic acids is 1. The highest BCUT2D eigenvalue weighted by Gasteiger charge is 2.31. The first-order valence-corrected chi connectivity index (χ1v) is 11.7. The lowest BCUT2D eigenvalue weighted by Gasteiger charge is -2.34. The maximum absolute atomic E-state index is 13.0. The van der Waals surface area contributed by atoms with Crippen LogP contribution in [0.2, 0.25) is 0 Å². The van der Waals surface area contributed by atoms with Gasteiger partial charge in [0.2, 0.25) is 15.9 Å². The van der Waals surface area contributed by atoms with Crippen molar-refractivity contribution in [2.24, 2.45) is 0 Å². The number of hydrogen-bond acceptors (Lipinski definition) is 6. The van der Waals surface area contributed by atoms with Crippen LogP contribution in [0.15, 0.2) is 47.4 Å². The first kappa shape index (κ1) is 21.6. The van der Waals surface area contributed by atoms with Crippen LogP contribution in [0.25, 0.3) is 0 Å². The molecule has 1 saturated heterocycles. The van der Waals surface area contributed by atoms with Crippen LogP contribution in [0.3, 0.4) is 0 Å². The number of ether oxygens (including phenoxy) is 3. The fourth-order valence-electron chi connectivity index (χ4n) is 3.66. The number of hydrogen-bond donors (Lipinski definition) is 0. The molecule has 0 aliphatic carbocycles. The van der Waals surface area contributed by atoms with Gasteiger partial charge in [-0.3, -0.25) is 4.79 Å². The highest BCUT2D eigenvalue weighted by Crippen LogP contribution is 2.33. The number of fused-ring (bicyclic) bond motifs is 1. The van der Waals surface area contributed by atoms with Gasteiger partial charge in [0.05, 0.1) is 11.5 Å². The predicted molar refractivity (Wildman–Crippen MR) is 114 cm³/mol. The molecule has 4 rings (SSSR count). The van der Waals surface area contributed by atoms with E-state index in [2.05, 4.69) is 0 Å². The number of benzene rings is 2. The average molecular weight is 447 g/mol. The molecule has 2 aliphatic rings. The zero-order valence-electron chi connectivity index (χ0n) is 17.5. The molecule has 1 fully saturated rings. The van der Waals surface area contributed by atoms with Gasteiger partial charge in [-0.25, -0.2) is 8.42 Å². The lowest BCUT2D eigenvalue weighted by molar-refractivity contribution is -0.137. The largest absolute Gasteiger partial charge is 0.486 e. The van der Waals surface area contributed by atoms with Crippen molar-refractivity contribution in [3.8, 4) is 11.5 Å². The molecule has 1 amide bonds. The predicted octanol–water partition coefficient (Wildman–Crippen LogP) is 1.82. The number of aryl methyl sites for hydroxylation is 1. The molecule has 0 saturated carbocycles. The second-order valence-electron chi connectivity index (χ2n) is 7.57. The summed E-state index contributed by atoms with van der Waals surface area (Å²) in [5.41, 5.74) is 2.16. The van der Waals surface area contributed by atoms with Crippen LogP contribution in [0, 0.1) is 6.92 Å². The van der Waals surface area contributed by atoms with Gasteiger partial charge in [0.25, 0.3) is 0 Å². The van der Waals surface area contributed by atoms with Crippen LogP contribution in [-0.4, -0.2) is 69.5 Å². The molecule has 0 radical (unpaired) electrons. The van der Waals surface area contributed by atoms with E-state index in [1.807, 2.05) is 31.2 Å². The monoisotopic (exact) mass is 446 g/mol. The molecular formula is C22H26N2O6S. The minimum absolute atomic E-state index is 0.0249. The van der Waals surface area contributed by atoms with Crippen LogP contribution in [0.1, 0.15) is 11.1 Å². The van der Waals surface area contributed by atoms with Crippen LogP contribution in [0.5, 0.6) is 11.5 Å². The third-order valence-electron chi connectivity index (χ3n) is 5.32. The van der Waals surface area contributed by atoms with Crippen molar-refractivity contribution in [2.45, 2.75) is 18.4 Å². The summed E-state index contributed by atoms with van der Waals surface area (Å²) in [6.07, 6.45) is 0. The van der Waals surface area contributed by atoms with Gasteiger partial charge < -0.3 is 19.1 Å². The number of sulfonamides is 1. The first-order chi connectivity index (χ1) is 14.9. The molecule has 0 unspecified atom stereocenters. The van der Waals surface area contributed by atoms with Gasteiger partial charge in [0, 0.05) is 32.2 Å². The zero-order valence-corrected chi connectivity index (χ0v) is 18.3. The van der Waals surface area contributed by atoms with Gasteiger partial charge in [-0.15, -0.1) is 0 Å². The van der Waals surface area contributed by atoms with E-state index in [1.54, 1.807) is 11.0 Å². The van der Waals surface area contributed by atoms with E-state index in [1.165, 1.54) is 16.4 Å². The van der Waals surface area contributed by atoms with Crippen molar-refractivity contribution in [2.75, 3.05) is 46.0 Å². The molecule has 2 aromatic carbocycles. The molecular weight excluding hydrogens is 420 g/mol. The average Bonchev–Trinajstić information content (AvgIpc) is 2.79. The minimum atomic E-state index is -3.67. The number of carbonyl (C=O) groups is 1. The Hall–Kier alpha value is -2.62. The van der Waals surface area contributed by atoms with E-state index in [0.717, 1.165) is 11.1 Å². The minimum Gasteiger partial charge on any atom is -0.486 e. The molecule has 2 aromatic rings. The van der Waals surface area contributed by atoms with E-state index in [-0.39, 0.29) is 30.5 Å². The second kappa shape index (κ2) is 9.25. The highest BCUT2D eigenvalue weighted by molar-refractivity contribution is 7.89. The molecule has 0 N–H and O–H groups in total. The number of rotatable bonds is 6. The standard InChI is InChI=1S/C22H26N2O6S/c1-17-3-2-4-18(13-17)15-28-16-22(25)23-7-9-24(10-8-23)31(26,27)19-5-6-20-21(14-19)30-12-11-29-20/h2-6,13-14H,7-12,15-16H2,1H3. The third-order valence-corrected chi connectivity index (χ3v) is 7.21. The fraction of sp³-hybridized carbons (Fsp3) is 0.409. The van der Waals surface area contributed by atoms with Gasteiger partial charge in [0.1, 0.15) is 19.8 Å². The van der Waals surface area contributed by atoms with Crippen molar-refractivity contribution in [3.05, 3.63) is 53.6 Å². The summed E-state index contributed by atoms with van der Waals surface area (Å²) in [6, 6.07) is 12.6. The SMILES string of the molecule is Cc1cccc(COCC(=O)N2CCN(S(=O)(=O)c3ccc4c(c3)OCCO4)CC2)c1. The summed E-state index contributed by atoms with van der Waals surface area (Å²) in [5, 5.41) is 0. The molecule has 0 atom stereocenters. The van der Waals surface area contributed by atoms with Crippen LogP contribution in [0.4, 0.5) is 0 Å². The summed E-state index contributed by atoms with van der Waals surface area (Å²) in [6.45, 7) is 4.32. The van der Waals surface area contributed by atoms with Crippen molar-refractivity contribution in [1.82, 2.24) is 9.21 Å². The molecule has 9 heteroatoms. The van der Waals surface area contributed by atoms with E-state index in [4.69, 9.17) is 14.2 Å². The number of piperazine rings is 1. The molecule has 0 spiro atoms. The summed E-state index contributed by atoms with van der Waals surface area (Å²) >= 11 is 0. The second-order valence-corrected chi connectivity index (χ2v) is 9.51. The van der Waals surface area contributed by atoms with Gasteiger partial charge in [0.15, 0.2) is 11.5 Å². The van der Waals surface area contributed by atoms with E-state index in [0.29, 0.717) is 44.4 Å². The Labute approximate surface area is 182 Å². The van der Waals surface area contributed by atoms with Crippen molar-refractivity contribution < 1.29 is 27.4 Å². The molecule has 0 aromatic heterocycles. The molecule has 0 bridgehead atoms. The summed E-state index contributed by atoms with van der Waals surface area (Å²) < 4.78 is 43.9. The Bertz CT molecular complexity index is 1050. The van der Waals surface area contributed by atoms with Crippen LogP contribution < -0.4 is 9.47 Å². The highest BCUT2D eigenvalue weighted by atomic mass is 32.2. The van der Waals surface area contributed by atoms with Crippen molar-refractivity contribution in [3.63, 3.8) is 0 Å². The smallest absolute Gasteiger partial charge is 0.248 e. The van der Waals surface area contributed by atoms with Gasteiger partial charge >= 0.3 is 0 Å². The summed E-state index contributed by atoms with van der Waals surface area (Å²) in [7, 11) is -3.67. The normalized spacial score (nSPS) is 16.9. The van der Waals surface area contributed by atoms with Gasteiger partial charge in [-0.1, -0.05) is 29.8 Å². The zero-order chi connectivity index (χ0) is 21.8. The lowest BCUT2D eigenvalue weighted by atomic mass is 10.1. The van der Waals surface area contributed by atoms with E-state index < -0.39 is 10.0 Å². The van der Waals surface area contributed by atoms with Crippen LogP contribution >= 0.6 is 0 Å². The lowest BCUT2D eigenvalue weighted by Crippen LogP contribution is -2.51. The Kier molecular flexibility index (Phi) is 6.45. The van der Waals surface area contributed by atoms with E-state index >= 15 is 0 Å². The number of nitrogens with zero attached hydrogens (tertiary/aromatic N) is 2. The Balaban J connectivity index is 1.30. The molecule has 8 nitrogen and oxygen atoms in total. The fourth-order valence-corrected chi connectivity index (χ4v) is 5.10. The Morgan fingerprint density at radius 1 is 1.00 bits per heavy atom. The third kappa shape index (κ3) is 5.00. The molecule has 2 heterocycles. The summed E-state index contributed by atoms with van der Waals surface area (Å²) in [5.74, 6) is 0.849. The summed E-state index contributed by atoms with van der Waals surface area (Å²) in [4.78, 5) is 14.3. The van der Waals surface area contributed by atoms with Gasteiger partial charge in [-0.2, -0.15) is 4.31 Å². The first-order valence-electron chi connectivity index (χ1n) is 10.2. The van der Waals surface area contributed by atoms with E-state index in [9.17, 15) is 13.2 Å². The van der Waals surface area contributed by atoms with Gasteiger partial charge in [-0.05, 0) is 24.6 Å². The molecule has 2 aliphatic heterocycles. The van der Waals surface area contributed by atoms with Crippen molar-refractivity contribution in [1.29, 1.82) is 0 Å². The quantitative estimate of drug-likeness (QED) is 0.673. The topological polar surface area (TPSA) is 85.4 Å². The Morgan fingerprint density at radius 3 is 2.48 bits per heavy atom. The van der Waals surface area contributed by atoms with Crippen LogP contribution in [-0.2, 0) is 26.2 Å². The number of amides is 1. The maximum atomic E-state index is 13.0.